The Kier molecular flexibility index (Phi) is 9.14. The molecule has 0 unspecified atom stereocenters. The van der Waals surface area contributed by atoms with Gasteiger partial charge in [0, 0.05) is 50.2 Å². The zero-order chi connectivity index (χ0) is 48.0. The van der Waals surface area contributed by atoms with Gasteiger partial charge in [-0.05, 0) is 123 Å². The lowest BCUT2D eigenvalue weighted by atomic mass is 9.70. The molecule has 0 saturated carbocycles. The predicted octanol–water partition coefficient (Wildman–Crippen LogP) is 17.5. The molecule has 0 N–H and O–H groups in total. The minimum absolute atomic E-state index is 0.392. The van der Waals surface area contributed by atoms with Gasteiger partial charge in [-0.15, -0.1) is 0 Å². The zero-order valence-electron chi connectivity index (χ0n) is 39.7. The summed E-state index contributed by atoms with van der Waals surface area (Å²) in [6, 6.07) is 96.6. The molecular weight excluding hydrogens is 885 g/mol. The third-order valence-corrected chi connectivity index (χ3v) is 15.4. The summed E-state index contributed by atoms with van der Waals surface area (Å²) in [5, 5.41) is 2.42. The molecule has 2 aliphatic carbocycles. The summed E-state index contributed by atoms with van der Waals surface area (Å²) in [4.78, 5) is 13.5. The van der Waals surface area contributed by atoms with Crippen LogP contribution in [0.5, 0.6) is 0 Å². The van der Waals surface area contributed by atoms with E-state index in [0.29, 0.717) is 0 Å². The largest absolute Gasteiger partial charge is 0.310 e. The van der Waals surface area contributed by atoms with Crippen molar-refractivity contribution in [3.8, 4) is 61.6 Å². The molecule has 11 aromatic carbocycles. The average molecular weight is 929 g/mol. The van der Waals surface area contributed by atoms with Crippen LogP contribution in [0.25, 0.3) is 94.4 Å². The molecule has 2 heterocycles. The van der Waals surface area contributed by atoms with E-state index in [9.17, 15) is 0 Å². The molecule has 4 nitrogen and oxygen atoms in total. The summed E-state index contributed by atoms with van der Waals surface area (Å²) in [7, 11) is 0. The van der Waals surface area contributed by atoms with Gasteiger partial charge >= 0.3 is 0 Å². The van der Waals surface area contributed by atoms with Gasteiger partial charge in [0.1, 0.15) is 0 Å². The van der Waals surface area contributed by atoms with E-state index >= 15 is 0 Å². The molecule has 73 heavy (non-hydrogen) atoms. The van der Waals surface area contributed by atoms with E-state index in [4.69, 9.17) is 9.97 Å². The van der Waals surface area contributed by atoms with Crippen molar-refractivity contribution in [2.24, 2.45) is 0 Å². The number of nitrogens with zero attached hydrogens (tertiary/aromatic N) is 4. The molecule has 0 bridgehead atoms. The van der Waals surface area contributed by atoms with Crippen molar-refractivity contribution in [3.05, 3.63) is 289 Å². The van der Waals surface area contributed by atoms with Gasteiger partial charge in [0.15, 0.2) is 0 Å². The van der Waals surface area contributed by atoms with Gasteiger partial charge in [-0.1, -0.05) is 194 Å². The van der Waals surface area contributed by atoms with Crippen LogP contribution >= 0.6 is 0 Å². The lowest BCUT2D eigenvalue weighted by Gasteiger charge is -2.30. The first-order valence-electron chi connectivity index (χ1n) is 25.1. The van der Waals surface area contributed by atoms with Gasteiger partial charge in [-0.3, -0.25) is 0 Å². The van der Waals surface area contributed by atoms with Gasteiger partial charge in [0.2, 0.25) is 0 Å². The first-order chi connectivity index (χ1) is 36.2. The van der Waals surface area contributed by atoms with Crippen molar-refractivity contribution in [2.75, 3.05) is 4.90 Å². The second-order valence-electron chi connectivity index (χ2n) is 19.2. The van der Waals surface area contributed by atoms with E-state index in [1.54, 1.807) is 0 Å². The first kappa shape index (κ1) is 41.2. The molecule has 2 aromatic heterocycles. The fourth-order valence-corrected chi connectivity index (χ4v) is 12.3. The Labute approximate surface area is 423 Å². The zero-order valence-corrected chi connectivity index (χ0v) is 39.7. The third kappa shape index (κ3) is 6.14. The predicted molar refractivity (Wildman–Crippen MR) is 301 cm³/mol. The van der Waals surface area contributed by atoms with Gasteiger partial charge in [0.25, 0.3) is 0 Å². The van der Waals surface area contributed by atoms with Crippen LogP contribution in [0, 0.1) is 0 Å². The second-order valence-corrected chi connectivity index (χ2v) is 19.2. The van der Waals surface area contributed by atoms with Crippen molar-refractivity contribution in [3.63, 3.8) is 0 Å². The maximum absolute atomic E-state index is 5.62. The standard InChI is InChI=1S/C69H44N4/c1-4-19-45(20-5-1)67-66(46-35-38-50(39-36-46)72(48-21-6-2-7-22-48)51-40-42-65-58(44-51)56-28-13-17-34-64(56)73(65)49-23-8-3-9-24-49)70-63-33-18-29-52(68(63)71-67)47-37-41-62-57(43-47)55-27-12-16-32-61(55)69(62)59-30-14-10-25-53(59)54-26-11-15-31-60(54)69/h1-44H. The number of rotatable bonds is 7. The topological polar surface area (TPSA) is 34.0 Å². The molecule has 0 amide bonds. The van der Waals surface area contributed by atoms with Crippen LogP contribution in [-0.2, 0) is 5.41 Å². The normalized spacial score (nSPS) is 12.8. The van der Waals surface area contributed by atoms with Crippen molar-refractivity contribution in [1.82, 2.24) is 14.5 Å². The molecule has 15 rings (SSSR count). The molecule has 340 valence electrons. The van der Waals surface area contributed by atoms with E-state index in [0.717, 1.165) is 67.4 Å². The quantitative estimate of drug-likeness (QED) is 0.160. The summed E-state index contributed by atoms with van der Waals surface area (Å²) < 4.78 is 2.36. The second kappa shape index (κ2) is 16.2. The Balaban J connectivity index is 0.855. The highest BCUT2D eigenvalue weighted by Gasteiger charge is 2.51. The summed E-state index contributed by atoms with van der Waals surface area (Å²) in [5.41, 5.74) is 24.4. The molecule has 0 saturated heterocycles. The summed E-state index contributed by atoms with van der Waals surface area (Å²) in [6.45, 7) is 0. The Bertz CT molecular complexity index is 4260. The van der Waals surface area contributed by atoms with E-state index in [1.807, 2.05) is 0 Å². The van der Waals surface area contributed by atoms with Crippen LogP contribution in [0.15, 0.2) is 267 Å². The average Bonchev–Trinajstić information content (AvgIpc) is 4.07. The number of benzene rings is 11. The Morgan fingerprint density at radius 3 is 1.53 bits per heavy atom. The molecule has 4 heteroatoms. The van der Waals surface area contributed by atoms with Gasteiger partial charge in [0.05, 0.1) is 38.9 Å². The smallest absolute Gasteiger partial charge is 0.0973 e. The molecular formula is C69H44N4. The van der Waals surface area contributed by atoms with Crippen LogP contribution < -0.4 is 4.90 Å². The number of fused-ring (bicyclic) bond motifs is 14. The van der Waals surface area contributed by atoms with Crippen molar-refractivity contribution in [2.45, 2.75) is 5.41 Å². The van der Waals surface area contributed by atoms with Gasteiger partial charge in [-0.25, -0.2) is 9.97 Å². The van der Waals surface area contributed by atoms with Crippen LogP contribution in [0.3, 0.4) is 0 Å². The number of hydrogen-bond acceptors (Lipinski definition) is 3. The van der Waals surface area contributed by atoms with E-state index in [1.165, 1.54) is 66.3 Å². The molecule has 2 aliphatic rings. The lowest BCUT2D eigenvalue weighted by Crippen LogP contribution is -2.25. The number of anilines is 3. The van der Waals surface area contributed by atoms with E-state index in [-0.39, 0.29) is 0 Å². The number of hydrogen-bond donors (Lipinski definition) is 0. The number of aromatic nitrogens is 3. The van der Waals surface area contributed by atoms with Crippen LogP contribution in [0.1, 0.15) is 22.3 Å². The summed E-state index contributed by atoms with van der Waals surface area (Å²) >= 11 is 0. The lowest BCUT2D eigenvalue weighted by molar-refractivity contribution is 0.794. The summed E-state index contributed by atoms with van der Waals surface area (Å²) in [5.74, 6) is 0. The van der Waals surface area contributed by atoms with Crippen LogP contribution in [-0.4, -0.2) is 14.5 Å². The van der Waals surface area contributed by atoms with Crippen LogP contribution in [0.4, 0.5) is 17.1 Å². The third-order valence-electron chi connectivity index (χ3n) is 15.4. The highest BCUT2D eigenvalue weighted by molar-refractivity contribution is 6.11. The first-order valence-corrected chi connectivity index (χ1v) is 25.1. The molecule has 1 spiro atoms. The fraction of sp³-hybridized carbons (Fsp3) is 0.0145. The van der Waals surface area contributed by atoms with Gasteiger partial charge in [-0.2, -0.15) is 0 Å². The van der Waals surface area contributed by atoms with Crippen molar-refractivity contribution < 1.29 is 0 Å². The highest BCUT2D eigenvalue weighted by atomic mass is 15.1. The molecule has 0 atom stereocenters. The molecule has 0 radical (unpaired) electrons. The minimum Gasteiger partial charge on any atom is -0.310 e. The SMILES string of the molecule is c1ccc(-c2nc3c(-c4ccc5c(c4)-c4ccccc4C54c5ccccc5-c5ccccc54)cccc3nc2-c2ccc(N(c3ccccc3)c3ccc4c(c3)c3ccccc3n4-c3ccccc3)cc2)cc1. The monoisotopic (exact) mass is 928 g/mol. The fourth-order valence-electron chi connectivity index (χ4n) is 12.3. The molecule has 13 aromatic rings. The Morgan fingerprint density at radius 2 is 0.822 bits per heavy atom. The van der Waals surface area contributed by atoms with E-state index in [2.05, 4.69) is 276 Å². The molecule has 0 fully saturated rings. The number of para-hydroxylation sites is 4. The van der Waals surface area contributed by atoms with Crippen LogP contribution in [0.2, 0.25) is 0 Å². The van der Waals surface area contributed by atoms with E-state index < -0.39 is 5.41 Å². The Morgan fingerprint density at radius 1 is 0.315 bits per heavy atom. The van der Waals surface area contributed by atoms with Gasteiger partial charge < -0.3 is 9.47 Å². The maximum atomic E-state index is 5.62. The summed E-state index contributed by atoms with van der Waals surface area (Å²) in [6.07, 6.45) is 0. The molecule has 0 aliphatic heterocycles. The van der Waals surface area contributed by atoms with Crippen molar-refractivity contribution in [1.29, 1.82) is 0 Å². The van der Waals surface area contributed by atoms with Crippen molar-refractivity contribution >= 4 is 49.9 Å². The highest BCUT2D eigenvalue weighted by Crippen LogP contribution is 2.63. The Hall–Kier alpha value is -9.64. The maximum Gasteiger partial charge on any atom is 0.0973 e. The minimum atomic E-state index is -0.392.